The van der Waals surface area contributed by atoms with Crippen molar-refractivity contribution in [1.29, 1.82) is 0 Å². The number of amides is 1. The minimum atomic E-state index is 0.0563. The second-order valence-electron chi connectivity index (χ2n) is 8.61. The average molecular weight is 418 g/mol. The highest BCUT2D eigenvalue weighted by molar-refractivity contribution is 5.94. The van der Waals surface area contributed by atoms with Crippen molar-refractivity contribution in [1.82, 2.24) is 24.8 Å². The number of hydrogen-bond donors (Lipinski definition) is 2. The maximum atomic E-state index is 12.2. The third-order valence-electron chi connectivity index (χ3n) is 6.30. The van der Waals surface area contributed by atoms with Gasteiger partial charge in [0.05, 0.1) is 29.8 Å². The number of hydrogen-bond acceptors (Lipinski definition) is 7. The van der Waals surface area contributed by atoms with E-state index in [0.29, 0.717) is 11.9 Å². The summed E-state index contributed by atoms with van der Waals surface area (Å²) in [5, 5.41) is 7.37. The molecule has 1 saturated carbocycles. The fourth-order valence-corrected chi connectivity index (χ4v) is 4.07. The predicted octanol–water partition coefficient (Wildman–Crippen LogP) is 3.33. The molecule has 2 aliphatic rings. The van der Waals surface area contributed by atoms with E-state index in [4.69, 9.17) is 4.98 Å². The quantitative estimate of drug-likeness (QED) is 0.657. The van der Waals surface area contributed by atoms with Crippen LogP contribution in [0.4, 0.5) is 11.6 Å². The van der Waals surface area contributed by atoms with Gasteiger partial charge in [0, 0.05) is 29.1 Å². The molecule has 1 amide bonds. The van der Waals surface area contributed by atoms with Crippen molar-refractivity contribution in [3.8, 4) is 11.3 Å². The van der Waals surface area contributed by atoms with Gasteiger partial charge in [0.1, 0.15) is 11.6 Å². The highest BCUT2D eigenvalue weighted by Crippen LogP contribution is 2.28. The molecule has 8 heteroatoms. The number of carbonyl (C=O) groups is 1. The molecule has 1 aliphatic carbocycles. The first kappa shape index (κ1) is 19.8. The molecule has 3 aromatic heterocycles. The molecule has 160 valence electrons. The van der Waals surface area contributed by atoms with Crippen molar-refractivity contribution in [2.24, 2.45) is 5.92 Å². The van der Waals surface area contributed by atoms with Crippen LogP contribution in [0.3, 0.4) is 0 Å². The zero-order valence-corrected chi connectivity index (χ0v) is 17.7. The fourth-order valence-electron chi connectivity index (χ4n) is 4.07. The first-order chi connectivity index (χ1) is 15.1. The lowest BCUT2D eigenvalue weighted by molar-refractivity contribution is -0.122. The molecule has 4 heterocycles. The standard InChI is InChI=1S/C23H27N7O/c1-30-7-5-18(6-8-30)27-22-14-24-12-20(28-22)17-9-16-10-21(26-13-19(16)25-11-17)29-23(31)15-3-2-4-15/h9-15,18H,2-8H2,1H3,(H,27,28)(H,26,29,31). The summed E-state index contributed by atoms with van der Waals surface area (Å²) < 4.78 is 0. The number of fused-ring (bicyclic) bond motifs is 1. The van der Waals surface area contributed by atoms with Crippen LogP contribution in [-0.2, 0) is 4.79 Å². The molecular formula is C23H27N7O. The van der Waals surface area contributed by atoms with Gasteiger partial charge in [-0.05, 0) is 58.0 Å². The summed E-state index contributed by atoms with van der Waals surface area (Å²) in [6.45, 7) is 2.18. The molecular weight excluding hydrogens is 390 g/mol. The minimum absolute atomic E-state index is 0.0563. The Kier molecular flexibility index (Phi) is 5.46. The van der Waals surface area contributed by atoms with Gasteiger partial charge in [-0.2, -0.15) is 0 Å². The van der Waals surface area contributed by atoms with Gasteiger partial charge in [0.15, 0.2) is 0 Å². The van der Waals surface area contributed by atoms with Crippen molar-refractivity contribution in [2.45, 2.75) is 38.1 Å². The summed E-state index contributed by atoms with van der Waals surface area (Å²) >= 11 is 0. The molecule has 0 aromatic carbocycles. The molecule has 0 radical (unpaired) electrons. The van der Waals surface area contributed by atoms with E-state index >= 15 is 0 Å². The van der Waals surface area contributed by atoms with Crippen LogP contribution in [0.15, 0.2) is 36.9 Å². The van der Waals surface area contributed by atoms with Crippen LogP contribution in [0.25, 0.3) is 22.2 Å². The summed E-state index contributed by atoms with van der Waals surface area (Å²) in [5.41, 5.74) is 2.43. The largest absolute Gasteiger partial charge is 0.366 e. The zero-order chi connectivity index (χ0) is 21.2. The SMILES string of the molecule is CN1CCC(Nc2cncc(-c3cnc4cnc(NC(=O)C5CCC5)cc4c3)n2)CC1. The van der Waals surface area contributed by atoms with Gasteiger partial charge in [-0.15, -0.1) is 0 Å². The van der Waals surface area contributed by atoms with Crippen LogP contribution in [0, 0.1) is 5.92 Å². The third-order valence-corrected chi connectivity index (χ3v) is 6.30. The lowest BCUT2D eigenvalue weighted by Gasteiger charge is -2.29. The third kappa shape index (κ3) is 4.49. The van der Waals surface area contributed by atoms with Crippen molar-refractivity contribution >= 4 is 28.4 Å². The molecule has 2 N–H and O–H groups in total. The molecule has 0 unspecified atom stereocenters. The number of anilines is 2. The smallest absolute Gasteiger partial charge is 0.228 e. The Labute approximate surface area is 181 Å². The van der Waals surface area contributed by atoms with Gasteiger partial charge >= 0.3 is 0 Å². The van der Waals surface area contributed by atoms with Crippen LogP contribution in [0.1, 0.15) is 32.1 Å². The molecule has 1 aliphatic heterocycles. The van der Waals surface area contributed by atoms with E-state index in [1.54, 1.807) is 24.8 Å². The van der Waals surface area contributed by atoms with E-state index in [0.717, 1.165) is 73.2 Å². The highest BCUT2D eigenvalue weighted by atomic mass is 16.2. The summed E-state index contributed by atoms with van der Waals surface area (Å²) in [6.07, 6.45) is 12.3. The molecule has 31 heavy (non-hydrogen) atoms. The Balaban J connectivity index is 1.35. The number of rotatable bonds is 5. The van der Waals surface area contributed by atoms with E-state index in [2.05, 4.69) is 37.5 Å². The topological polar surface area (TPSA) is 95.9 Å². The first-order valence-corrected chi connectivity index (χ1v) is 11.0. The van der Waals surface area contributed by atoms with Gasteiger partial charge in [-0.25, -0.2) is 9.97 Å². The molecule has 1 saturated heterocycles. The summed E-state index contributed by atoms with van der Waals surface area (Å²) in [5.74, 6) is 1.53. The number of nitrogens with zero attached hydrogens (tertiary/aromatic N) is 5. The van der Waals surface area contributed by atoms with E-state index in [-0.39, 0.29) is 11.8 Å². The highest BCUT2D eigenvalue weighted by Gasteiger charge is 2.25. The van der Waals surface area contributed by atoms with Crippen molar-refractivity contribution < 1.29 is 4.79 Å². The summed E-state index contributed by atoms with van der Waals surface area (Å²) in [6, 6.07) is 4.31. The lowest BCUT2D eigenvalue weighted by Crippen LogP contribution is -2.36. The Morgan fingerprint density at radius 3 is 2.61 bits per heavy atom. The Hall–Kier alpha value is -3.13. The fraction of sp³-hybridized carbons (Fsp3) is 0.435. The summed E-state index contributed by atoms with van der Waals surface area (Å²) in [7, 11) is 2.16. The van der Waals surface area contributed by atoms with Crippen LogP contribution in [0.5, 0.6) is 0 Å². The molecule has 0 atom stereocenters. The monoisotopic (exact) mass is 417 g/mol. The van der Waals surface area contributed by atoms with Crippen LogP contribution >= 0.6 is 0 Å². The van der Waals surface area contributed by atoms with Gasteiger partial charge in [0.25, 0.3) is 0 Å². The van der Waals surface area contributed by atoms with Gasteiger partial charge in [-0.3, -0.25) is 14.8 Å². The number of piperidine rings is 1. The molecule has 3 aromatic rings. The van der Waals surface area contributed by atoms with E-state index in [1.807, 2.05) is 12.1 Å². The number of nitrogens with one attached hydrogen (secondary N) is 2. The summed E-state index contributed by atoms with van der Waals surface area (Å²) in [4.78, 5) is 32.6. The normalized spacial score (nSPS) is 18.0. The van der Waals surface area contributed by atoms with E-state index in [1.165, 1.54) is 0 Å². The van der Waals surface area contributed by atoms with Gasteiger partial charge in [-0.1, -0.05) is 6.42 Å². The van der Waals surface area contributed by atoms with Gasteiger partial charge < -0.3 is 15.5 Å². The number of pyridine rings is 2. The second-order valence-corrected chi connectivity index (χ2v) is 8.61. The van der Waals surface area contributed by atoms with E-state index in [9.17, 15) is 4.79 Å². The molecule has 8 nitrogen and oxygen atoms in total. The predicted molar refractivity (Wildman–Crippen MR) is 121 cm³/mol. The average Bonchev–Trinajstić information content (AvgIpc) is 2.74. The maximum absolute atomic E-state index is 12.2. The van der Waals surface area contributed by atoms with Crippen molar-refractivity contribution in [2.75, 3.05) is 30.8 Å². The van der Waals surface area contributed by atoms with Crippen molar-refractivity contribution in [3.63, 3.8) is 0 Å². The first-order valence-electron chi connectivity index (χ1n) is 11.0. The lowest BCUT2D eigenvalue weighted by atomic mass is 9.85. The zero-order valence-electron chi connectivity index (χ0n) is 17.7. The van der Waals surface area contributed by atoms with Gasteiger partial charge in [0.2, 0.25) is 5.91 Å². The molecule has 0 spiro atoms. The van der Waals surface area contributed by atoms with Crippen LogP contribution in [0.2, 0.25) is 0 Å². The Morgan fingerprint density at radius 2 is 1.84 bits per heavy atom. The molecule has 2 fully saturated rings. The second kappa shape index (κ2) is 8.55. The molecule has 0 bridgehead atoms. The number of carbonyl (C=O) groups excluding carboxylic acids is 1. The van der Waals surface area contributed by atoms with E-state index < -0.39 is 0 Å². The maximum Gasteiger partial charge on any atom is 0.228 e. The molecule has 5 rings (SSSR count). The number of aromatic nitrogens is 4. The Morgan fingerprint density at radius 1 is 1.00 bits per heavy atom. The minimum Gasteiger partial charge on any atom is -0.366 e. The number of likely N-dealkylation sites (tertiary alicyclic amines) is 1. The van der Waals surface area contributed by atoms with Crippen LogP contribution in [-0.4, -0.2) is 56.9 Å². The van der Waals surface area contributed by atoms with Crippen LogP contribution < -0.4 is 10.6 Å². The Bertz CT molecular complexity index is 1090. The van der Waals surface area contributed by atoms with Crippen molar-refractivity contribution in [3.05, 3.63) is 36.9 Å².